The second-order valence-corrected chi connectivity index (χ2v) is 8.01. The minimum absolute atomic E-state index is 0.107. The minimum Gasteiger partial charge on any atom is -0.467 e. The largest absolute Gasteiger partial charge is 0.467 e. The first-order valence-corrected chi connectivity index (χ1v) is 11.0. The average molecular weight is 442 g/mol. The summed E-state index contributed by atoms with van der Waals surface area (Å²) in [6, 6.07) is 21.3. The first-order chi connectivity index (χ1) is 15.8. The third-order valence-corrected chi connectivity index (χ3v) is 5.91. The molecule has 8 heteroatoms. The van der Waals surface area contributed by atoms with E-state index < -0.39 is 0 Å². The van der Waals surface area contributed by atoms with Gasteiger partial charge in [0.1, 0.15) is 5.76 Å². The highest BCUT2D eigenvalue weighted by Crippen LogP contribution is 2.26. The number of aromatic nitrogens is 4. The van der Waals surface area contributed by atoms with Crippen LogP contribution in [-0.2, 0) is 11.3 Å². The van der Waals surface area contributed by atoms with Crippen molar-refractivity contribution in [2.45, 2.75) is 11.7 Å². The number of furan rings is 1. The van der Waals surface area contributed by atoms with Gasteiger partial charge in [-0.3, -0.25) is 14.3 Å². The zero-order valence-corrected chi connectivity index (χ0v) is 17.8. The number of rotatable bonds is 7. The summed E-state index contributed by atoms with van der Waals surface area (Å²) in [6.07, 6.45) is 5.06. The minimum atomic E-state index is -0.107. The number of nitrogens with one attached hydrogen (secondary N) is 1. The summed E-state index contributed by atoms with van der Waals surface area (Å²) in [5.41, 5.74) is 1.69. The molecule has 0 aliphatic rings. The summed E-state index contributed by atoms with van der Waals surface area (Å²) in [6.45, 7) is 0.463. The van der Waals surface area contributed by atoms with Crippen molar-refractivity contribution in [3.8, 4) is 11.4 Å². The first-order valence-electron chi connectivity index (χ1n) is 10.0. The van der Waals surface area contributed by atoms with Crippen LogP contribution in [0.4, 0.5) is 5.69 Å². The van der Waals surface area contributed by atoms with Gasteiger partial charge in [0.25, 0.3) is 0 Å². The molecule has 0 spiro atoms. The third-order valence-electron chi connectivity index (χ3n) is 4.95. The van der Waals surface area contributed by atoms with Crippen LogP contribution in [0.15, 0.2) is 95.0 Å². The summed E-state index contributed by atoms with van der Waals surface area (Å²) in [7, 11) is 0. The van der Waals surface area contributed by atoms with E-state index in [1.165, 1.54) is 11.8 Å². The molecule has 0 aliphatic carbocycles. The van der Waals surface area contributed by atoms with Crippen molar-refractivity contribution < 1.29 is 9.21 Å². The molecule has 0 unspecified atom stereocenters. The predicted molar refractivity (Wildman–Crippen MR) is 124 cm³/mol. The first kappa shape index (κ1) is 20.0. The van der Waals surface area contributed by atoms with Gasteiger partial charge in [-0.1, -0.05) is 48.2 Å². The van der Waals surface area contributed by atoms with Crippen LogP contribution in [0.25, 0.3) is 22.2 Å². The molecular weight excluding hydrogens is 422 g/mol. The van der Waals surface area contributed by atoms with Crippen molar-refractivity contribution in [2.24, 2.45) is 0 Å². The number of anilines is 1. The molecule has 0 aliphatic heterocycles. The Bertz CT molecular complexity index is 1340. The average Bonchev–Trinajstić information content (AvgIpc) is 3.49. The van der Waals surface area contributed by atoms with Crippen LogP contribution in [0, 0.1) is 0 Å². The van der Waals surface area contributed by atoms with E-state index in [0.29, 0.717) is 17.5 Å². The fraction of sp³-hybridized carbons (Fsp3) is 0.0833. The molecule has 0 bridgehead atoms. The molecule has 1 N–H and O–H groups in total. The summed E-state index contributed by atoms with van der Waals surface area (Å²) < 4.78 is 7.47. The Labute approximate surface area is 188 Å². The summed E-state index contributed by atoms with van der Waals surface area (Å²) in [5.74, 6) is 1.57. The van der Waals surface area contributed by atoms with Gasteiger partial charge in [0, 0.05) is 29.0 Å². The van der Waals surface area contributed by atoms with E-state index in [1.807, 2.05) is 71.3 Å². The standard InChI is InChI=1S/C24H19N5O2S/c30-22(26-21-9-3-6-17-5-1-2-8-20(17)21)16-32-24-28-27-23(18-10-12-25-13-11-18)29(24)15-19-7-4-14-31-19/h1-14H,15-16H2,(H,26,30). The number of nitrogens with zero attached hydrogens (tertiary/aromatic N) is 4. The zero-order chi connectivity index (χ0) is 21.8. The van der Waals surface area contributed by atoms with Crippen molar-refractivity contribution in [3.05, 3.63) is 91.1 Å². The Morgan fingerprint density at radius 2 is 1.81 bits per heavy atom. The monoisotopic (exact) mass is 441 g/mol. The fourth-order valence-corrected chi connectivity index (χ4v) is 4.20. The van der Waals surface area contributed by atoms with E-state index >= 15 is 0 Å². The highest BCUT2D eigenvalue weighted by molar-refractivity contribution is 7.99. The van der Waals surface area contributed by atoms with Crippen LogP contribution in [0.2, 0.25) is 0 Å². The third kappa shape index (κ3) is 4.26. The molecule has 1 amide bonds. The van der Waals surface area contributed by atoms with E-state index in [9.17, 15) is 4.79 Å². The number of hydrogen-bond acceptors (Lipinski definition) is 6. The highest BCUT2D eigenvalue weighted by Gasteiger charge is 2.17. The van der Waals surface area contributed by atoms with Gasteiger partial charge in [-0.15, -0.1) is 10.2 Å². The molecule has 0 fully saturated rings. The van der Waals surface area contributed by atoms with Gasteiger partial charge in [-0.05, 0) is 35.7 Å². The van der Waals surface area contributed by atoms with Crippen LogP contribution in [0.5, 0.6) is 0 Å². The lowest BCUT2D eigenvalue weighted by Crippen LogP contribution is -2.15. The predicted octanol–water partition coefficient (Wildman–Crippen LogP) is 4.87. The van der Waals surface area contributed by atoms with E-state index in [2.05, 4.69) is 20.5 Å². The second kappa shape index (κ2) is 9.07. The molecule has 0 saturated heterocycles. The zero-order valence-electron chi connectivity index (χ0n) is 17.0. The number of pyridine rings is 1. The molecule has 5 aromatic rings. The van der Waals surface area contributed by atoms with Gasteiger partial charge < -0.3 is 9.73 Å². The summed E-state index contributed by atoms with van der Waals surface area (Å²) >= 11 is 1.34. The Balaban J connectivity index is 1.35. The smallest absolute Gasteiger partial charge is 0.234 e. The number of carbonyl (C=O) groups is 1. The van der Waals surface area contributed by atoms with Crippen molar-refractivity contribution in [1.29, 1.82) is 0 Å². The molecule has 2 aromatic carbocycles. The quantitative estimate of drug-likeness (QED) is 0.363. The molecule has 158 valence electrons. The molecule has 0 saturated carbocycles. The molecule has 32 heavy (non-hydrogen) atoms. The summed E-state index contributed by atoms with van der Waals surface area (Å²) in [4.78, 5) is 16.8. The van der Waals surface area contributed by atoms with Crippen LogP contribution in [0.3, 0.4) is 0 Å². The van der Waals surface area contributed by atoms with Crippen LogP contribution < -0.4 is 5.32 Å². The molecule has 3 aromatic heterocycles. The van der Waals surface area contributed by atoms with Gasteiger partial charge in [0.15, 0.2) is 11.0 Å². The normalized spacial score (nSPS) is 11.0. The number of carbonyl (C=O) groups excluding carboxylic acids is 1. The SMILES string of the molecule is O=C(CSc1nnc(-c2ccncc2)n1Cc1ccco1)Nc1cccc2ccccc12. The lowest BCUT2D eigenvalue weighted by Gasteiger charge is -2.10. The number of amides is 1. The molecule has 0 radical (unpaired) electrons. The lowest BCUT2D eigenvalue weighted by atomic mass is 10.1. The lowest BCUT2D eigenvalue weighted by molar-refractivity contribution is -0.113. The molecular formula is C24H19N5O2S. The topological polar surface area (TPSA) is 85.8 Å². The number of thioether (sulfide) groups is 1. The fourth-order valence-electron chi connectivity index (χ4n) is 3.46. The highest BCUT2D eigenvalue weighted by atomic mass is 32.2. The Hall–Kier alpha value is -3.91. The van der Waals surface area contributed by atoms with Gasteiger partial charge in [-0.2, -0.15) is 0 Å². The van der Waals surface area contributed by atoms with Crippen LogP contribution in [-0.4, -0.2) is 31.4 Å². The van der Waals surface area contributed by atoms with Gasteiger partial charge in [0.2, 0.25) is 5.91 Å². The maximum atomic E-state index is 12.7. The van der Waals surface area contributed by atoms with E-state index in [0.717, 1.165) is 27.8 Å². The van der Waals surface area contributed by atoms with Gasteiger partial charge >= 0.3 is 0 Å². The van der Waals surface area contributed by atoms with E-state index in [-0.39, 0.29) is 11.7 Å². The Morgan fingerprint density at radius 1 is 0.969 bits per heavy atom. The van der Waals surface area contributed by atoms with Crippen molar-refractivity contribution in [2.75, 3.05) is 11.1 Å². The van der Waals surface area contributed by atoms with Crippen LogP contribution >= 0.6 is 11.8 Å². The Kier molecular flexibility index (Phi) is 5.67. The van der Waals surface area contributed by atoms with Crippen molar-refractivity contribution >= 4 is 34.1 Å². The van der Waals surface area contributed by atoms with Crippen LogP contribution in [0.1, 0.15) is 5.76 Å². The number of benzene rings is 2. The second-order valence-electron chi connectivity index (χ2n) is 7.07. The maximum absolute atomic E-state index is 12.7. The molecule has 0 atom stereocenters. The number of hydrogen-bond donors (Lipinski definition) is 1. The van der Waals surface area contributed by atoms with Gasteiger partial charge in [-0.25, -0.2) is 0 Å². The summed E-state index contributed by atoms with van der Waals surface area (Å²) in [5, 5.41) is 14.4. The molecule has 5 rings (SSSR count). The molecule has 7 nitrogen and oxygen atoms in total. The van der Waals surface area contributed by atoms with Crippen molar-refractivity contribution in [3.63, 3.8) is 0 Å². The molecule has 3 heterocycles. The van der Waals surface area contributed by atoms with E-state index in [1.54, 1.807) is 18.7 Å². The van der Waals surface area contributed by atoms with Crippen molar-refractivity contribution in [1.82, 2.24) is 19.7 Å². The number of fused-ring (bicyclic) bond motifs is 1. The Morgan fingerprint density at radius 3 is 2.66 bits per heavy atom. The van der Waals surface area contributed by atoms with E-state index in [4.69, 9.17) is 4.42 Å². The maximum Gasteiger partial charge on any atom is 0.234 e. The van der Waals surface area contributed by atoms with Gasteiger partial charge in [0.05, 0.1) is 18.6 Å².